The van der Waals surface area contributed by atoms with Gasteiger partial charge in [0.25, 0.3) is 0 Å². The summed E-state index contributed by atoms with van der Waals surface area (Å²) in [5.41, 5.74) is 0. The van der Waals surface area contributed by atoms with E-state index in [4.69, 9.17) is 5.11 Å². The van der Waals surface area contributed by atoms with E-state index in [-0.39, 0.29) is 12.2 Å². The lowest BCUT2D eigenvalue weighted by molar-refractivity contribution is -0.139. The molecule has 0 aliphatic carbocycles. The lowest BCUT2D eigenvalue weighted by atomic mass is 10.2. The van der Waals surface area contributed by atoms with Crippen LogP contribution in [0.1, 0.15) is 32.6 Å². The van der Waals surface area contributed by atoms with Gasteiger partial charge in [0.1, 0.15) is 6.04 Å². The fourth-order valence-corrected chi connectivity index (χ4v) is 1.67. The summed E-state index contributed by atoms with van der Waals surface area (Å²) in [6.07, 6.45) is 6.12. The van der Waals surface area contributed by atoms with Crippen LogP contribution >= 0.6 is 11.8 Å². The van der Waals surface area contributed by atoms with Gasteiger partial charge in [-0.3, -0.25) is 4.79 Å². The first kappa shape index (κ1) is 17.1. The molecule has 0 saturated carbocycles. The number of carboxylic acid groups (broad SMARTS) is 1. The number of hydrogen-bond donors (Lipinski definition) is 3. The Bertz CT molecular complexity index is 156. The number of aliphatic carboxylic acids is 1. The lowest BCUT2D eigenvalue weighted by Gasteiger charge is -2.13. The van der Waals surface area contributed by atoms with Crippen LogP contribution in [-0.2, 0) is 4.79 Å². The Morgan fingerprint density at radius 2 is 2.13 bits per heavy atom. The molecule has 0 aliphatic rings. The molecule has 0 fully saturated rings. The monoisotopic (exact) mass is 236 g/mol. The highest BCUT2D eigenvalue weighted by molar-refractivity contribution is 7.98. The SMILES string of the molecule is CCCCCNC(CCSC)C(=O)O.N. The van der Waals surface area contributed by atoms with Gasteiger partial charge in [0.05, 0.1) is 0 Å². The van der Waals surface area contributed by atoms with E-state index in [1.54, 1.807) is 11.8 Å². The van der Waals surface area contributed by atoms with Gasteiger partial charge in [0.2, 0.25) is 0 Å². The molecule has 0 aromatic carbocycles. The van der Waals surface area contributed by atoms with Gasteiger partial charge in [-0.25, -0.2) is 0 Å². The van der Waals surface area contributed by atoms with Crippen LogP contribution < -0.4 is 11.5 Å². The van der Waals surface area contributed by atoms with E-state index >= 15 is 0 Å². The molecule has 0 rings (SSSR count). The molecule has 0 aromatic heterocycles. The highest BCUT2D eigenvalue weighted by Gasteiger charge is 2.14. The van der Waals surface area contributed by atoms with Gasteiger partial charge in [-0.15, -0.1) is 0 Å². The molecule has 0 bridgehead atoms. The van der Waals surface area contributed by atoms with E-state index < -0.39 is 5.97 Å². The van der Waals surface area contributed by atoms with Gasteiger partial charge < -0.3 is 16.6 Å². The largest absolute Gasteiger partial charge is 0.480 e. The third-order valence-electron chi connectivity index (χ3n) is 2.08. The molecule has 4 nitrogen and oxygen atoms in total. The molecule has 0 radical (unpaired) electrons. The second-order valence-corrected chi connectivity index (χ2v) is 4.32. The minimum absolute atomic E-state index is 0. The molecule has 0 aromatic rings. The summed E-state index contributed by atoms with van der Waals surface area (Å²) in [6.45, 7) is 2.96. The van der Waals surface area contributed by atoms with E-state index in [0.29, 0.717) is 6.42 Å². The standard InChI is InChI=1S/C10H21NO2S.H3N/c1-3-4-5-7-11-9(10(12)13)6-8-14-2;/h9,11H,3-8H2,1-2H3,(H,12,13);1H3. The van der Waals surface area contributed by atoms with Crippen molar-refractivity contribution in [3.8, 4) is 0 Å². The maximum atomic E-state index is 10.8. The van der Waals surface area contributed by atoms with Crippen molar-refractivity contribution >= 4 is 17.7 Å². The molecule has 0 spiro atoms. The molecule has 0 saturated heterocycles. The predicted octanol–water partition coefficient (Wildman–Crippen LogP) is 2.13. The highest BCUT2D eigenvalue weighted by atomic mass is 32.2. The number of hydrogen-bond acceptors (Lipinski definition) is 4. The van der Waals surface area contributed by atoms with E-state index in [1.165, 1.54) is 12.8 Å². The predicted molar refractivity (Wildman–Crippen MR) is 67.0 cm³/mol. The van der Waals surface area contributed by atoms with Crippen molar-refractivity contribution in [1.29, 1.82) is 0 Å². The minimum atomic E-state index is -0.726. The number of carbonyl (C=O) groups is 1. The van der Waals surface area contributed by atoms with Crippen molar-refractivity contribution in [2.75, 3.05) is 18.6 Å². The zero-order valence-corrected chi connectivity index (χ0v) is 10.6. The number of unbranched alkanes of at least 4 members (excludes halogenated alkanes) is 2. The minimum Gasteiger partial charge on any atom is -0.480 e. The number of carboxylic acids is 1. The molecule has 15 heavy (non-hydrogen) atoms. The van der Waals surface area contributed by atoms with Gasteiger partial charge in [-0.1, -0.05) is 19.8 Å². The maximum absolute atomic E-state index is 10.8. The Morgan fingerprint density at radius 1 is 1.47 bits per heavy atom. The Kier molecular flexibility index (Phi) is 13.5. The molecular formula is C10H24N2O2S. The number of rotatable bonds is 9. The van der Waals surface area contributed by atoms with Crippen molar-refractivity contribution < 1.29 is 9.90 Å². The topological polar surface area (TPSA) is 84.3 Å². The van der Waals surface area contributed by atoms with Crippen molar-refractivity contribution in [2.45, 2.75) is 38.6 Å². The molecule has 5 N–H and O–H groups in total. The summed E-state index contributed by atoms with van der Waals surface area (Å²) in [5.74, 6) is 0.174. The fourth-order valence-electron chi connectivity index (χ4n) is 1.20. The third-order valence-corrected chi connectivity index (χ3v) is 2.72. The third kappa shape index (κ3) is 10.0. The Balaban J connectivity index is 0. The molecule has 5 heteroatoms. The van der Waals surface area contributed by atoms with Crippen LogP contribution in [0.3, 0.4) is 0 Å². The van der Waals surface area contributed by atoms with Crippen molar-refractivity contribution in [3.05, 3.63) is 0 Å². The normalized spacial score (nSPS) is 11.9. The lowest BCUT2D eigenvalue weighted by Crippen LogP contribution is -2.37. The van der Waals surface area contributed by atoms with Crippen LogP contribution in [0.25, 0.3) is 0 Å². The molecule has 0 amide bonds. The first-order chi connectivity index (χ1) is 6.72. The van der Waals surface area contributed by atoms with E-state index in [9.17, 15) is 4.79 Å². The summed E-state index contributed by atoms with van der Waals surface area (Å²) >= 11 is 1.69. The van der Waals surface area contributed by atoms with E-state index in [1.807, 2.05) is 6.26 Å². The van der Waals surface area contributed by atoms with E-state index in [0.717, 1.165) is 18.7 Å². The van der Waals surface area contributed by atoms with Crippen molar-refractivity contribution in [3.63, 3.8) is 0 Å². The molecular weight excluding hydrogens is 212 g/mol. The fraction of sp³-hybridized carbons (Fsp3) is 0.900. The zero-order valence-electron chi connectivity index (χ0n) is 9.79. The van der Waals surface area contributed by atoms with Gasteiger partial charge >= 0.3 is 5.97 Å². The van der Waals surface area contributed by atoms with Crippen LogP contribution in [0.4, 0.5) is 0 Å². The van der Waals surface area contributed by atoms with Gasteiger partial charge in [-0.05, 0) is 31.4 Å². The summed E-state index contributed by atoms with van der Waals surface area (Å²) in [4.78, 5) is 10.8. The zero-order chi connectivity index (χ0) is 10.8. The van der Waals surface area contributed by atoms with Crippen LogP contribution in [0, 0.1) is 0 Å². The first-order valence-corrected chi connectivity index (χ1v) is 6.56. The molecule has 0 aliphatic heterocycles. The van der Waals surface area contributed by atoms with Gasteiger partial charge in [0.15, 0.2) is 0 Å². The quantitative estimate of drug-likeness (QED) is 0.534. The van der Waals surface area contributed by atoms with Crippen LogP contribution in [0.5, 0.6) is 0 Å². The average molecular weight is 236 g/mol. The maximum Gasteiger partial charge on any atom is 0.320 e. The molecule has 1 unspecified atom stereocenters. The van der Waals surface area contributed by atoms with Crippen molar-refractivity contribution in [2.24, 2.45) is 0 Å². The van der Waals surface area contributed by atoms with Crippen LogP contribution in [-0.4, -0.2) is 35.7 Å². The van der Waals surface area contributed by atoms with Crippen LogP contribution in [0.15, 0.2) is 0 Å². The second kappa shape index (κ2) is 11.8. The molecule has 92 valence electrons. The summed E-state index contributed by atoms with van der Waals surface area (Å²) in [7, 11) is 0. The first-order valence-electron chi connectivity index (χ1n) is 5.17. The molecule has 0 heterocycles. The van der Waals surface area contributed by atoms with E-state index in [2.05, 4.69) is 12.2 Å². The average Bonchev–Trinajstić information content (AvgIpc) is 2.16. The van der Waals surface area contributed by atoms with Gasteiger partial charge in [0, 0.05) is 0 Å². The second-order valence-electron chi connectivity index (χ2n) is 3.33. The smallest absolute Gasteiger partial charge is 0.320 e. The Morgan fingerprint density at radius 3 is 2.60 bits per heavy atom. The van der Waals surface area contributed by atoms with Crippen LogP contribution in [0.2, 0.25) is 0 Å². The van der Waals surface area contributed by atoms with Gasteiger partial charge in [-0.2, -0.15) is 11.8 Å². The van der Waals surface area contributed by atoms with Crippen molar-refractivity contribution in [1.82, 2.24) is 11.5 Å². The highest BCUT2D eigenvalue weighted by Crippen LogP contribution is 2.01. The summed E-state index contributed by atoms with van der Waals surface area (Å²) in [5, 5.41) is 12.0. The summed E-state index contributed by atoms with van der Waals surface area (Å²) in [6, 6.07) is -0.362. The Hall–Kier alpha value is -0.260. The number of thioether (sulfide) groups is 1. The molecule has 1 atom stereocenters. The summed E-state index contributed by atoms with van der Waals surface area (Å²) < 4.78 is 0. The number of nitrogens with one attached hydrogen (secondary N) is 1. The Labute approximate surface area is 96.8 Å².